The first-order valence-corrected chi connectivity index (χ1v) is 5.68. The highest BCUT2D eigenvalue weighted by molar-refractivity contribution is 5.93. The van der Waals surface area contributed by atoms with E-state index in [4.69, 9.17) is 4.74 Å². The van der Waals surface area contributed by atoms with Crippen molar-refractivity contribution < 1.29 is 14.6 Å². The van der Waals surface area contributed by atoms with Crippen LogP contribution in [-0.4, -0.2) is 41.4 Å². The van der Waals surface area contributed by atoms with Crippen molar-refractivity contribution in [3.63, 3.8) is 0 Å². The molecule has 92 valence electrons. The fourth-order valence-corrected chi connectivity index (χ4v) is 1.78. The molecule has 5 heteroatoms. The number of aliphatic hydroxyl groups is 1. The van der Waals surface area contributed by atoms with Crippen molar-refractivity contribution in [3.8, 4) is 0 Å². The highest BCUT2D eigenvalue weighted by Gasteiger charge is 2.30. The van der Waals surface area contributed by atoms with Crippen molar-refractivity contribution in [1.29, 1.82) is 0 Å². The van der Waals surface area contributed by atoms with Gasteiger partial charge in [0.2, 0.25) is 0 Å². The molecule has 1 aromatic rings. The molecule has 0 radical (unpaired) electrons. The second-order valence-electron chi connectivity index (χ2n) is 4.26. The molecule has 0 bridgehead atoms. The van der Waals surface area contributed by atoms with Gasteiger partial charge in [0.1, 0.15) is 0 Å². The number of ether oxygens (including phenoxy) is 1. The van der Waals surface area contributed by atoms with E-state index >= 15 is 0 Å². The average molecular weight is 236 g/mol. The van der Waals surface area contributed by atoms with Gasteiger partial charge in [-0.05, 0) is 12.1 Å². The van der Waals surface area contributed by atoms with Gasteiger partial charge in [-0.1, -0.05) is 0 Å². The molecular formula is C12H16N2O3. The molecular weight excluding hydrogens is 220 g/mol. The Hall–Kier alpha value is -1.46. The summed E-state index contributed by atoms with van der Waals surface area (Å²) in [5.74, 6) is -0.188. The molecule has 2 heterocycles. The van der Waals surface area contributed by atoms with Crippen LogP contribution in [0.1, 0.15) is 23.2 Å². The number of hydrogen-bond acceptors (Lipinski definition) is 4. The lowest BCUT2D eigenvalue weighted by atomic mass is 9.94. The van der Waals surface area contributed by atoms with Crippen molar-refractivity contribution in [2.75, 3.05) is 19.8 Å². The summed E-state index contributed by atoms with van der Waals surface area (Å²) < 4.78 is 5.18. The van der Waals surface area contributed by atoms with Crippen LogP contribution in [-0.2, 0) is 4.74 Å². The van der Waals surface area contributed by atoms with E-state index in [-0.39, 0.29) is 12.5 Å². The van der Waals surface area contributed by atoms with Gasteiger partial charge in [0.05, 0.1) is 5.60 Å². The summed E-state index contributed by atoms with van der Waals surface area (Å²) in [6.45, 7) is 1.35. The molecule has 0 spiro atoms. The summed E-state index contributed by atoms with van der Waals surface area (Å²) in [5, 5.41) is 12.9. The number of nitrogens with zero attached hydrogens (tertiary/aromatic N) is 1. The van der Waals surface area contributed by atoms with E-state index in [1.54, 1.807) is 24.5 Å². The van der Waals surface area contributed by atoms with E-state index in [0.29, 0.717) is 31.6 Å². The monoisotopic (exact) mass is 236 g/mol. The third-order valence-electron chi connectivity index (χ3n) is 2.94. The third-order valence-corrected chi connectivity index (χ3v) is 2.94. The smallest absolute Gasteiger partial charge is 0.251 e. The third kappa shape index (κ3) is 3.25. The predicted molar refractivity (Wildman–Crippen MR) is 61.6 cm³/mol. The summed E-state index contributed by atoms with van der Waals surface area (Å²) in [5.41, 5.74) is -0.281. The van der Waals surface area contributed by atoms with Crippen LogP contribution in [0.3, 0.4) is 0 Å². The largest absolute Gasteiger partial charge is 0.388 e. The Labute approximate surface area is 99.8 Å². The van der Waals surface area contributed by atoms with Crippen molar-refractivity contribution in [2.45, 2.75) is 18.4 Å². The number of pyridine rings is 1. The fourth-order valence-electron chi connectivity index (χ4n) is 1.78. The number of aromatic nitrogens is 1. The summed E-state index contributed by atoms with van der Waals surface area (Å²) in [6.07, 6.45) is 4.25. The van der Waals surface area contributed by atoms with Crippen LogP contribution >= 0.6 is 0 Å². The topological polar surface area (TPSA) is 71.5 Å². The zero-order chi connectivity index (χ0) is 12.1. The van der Waals surface area contributed by atoms with E-state index in [9.17, 15) is 9.90 Å². The lowest BCUT2D eigenvalue weighted by Crippen LogP contribution is -2.46. The Balaban J connectivity index is 1.87. The molecule has 1 saturated heterocycles. The lowest BCUT2D eigenvalue weighted by Gasteiger charge is -2.32. The first kappa shape index (κ1) is 12.0. The zero-order valence-corrected chi connectivity index (χ0v) is 9.56. The first-order chi connectivity index (χ1) is 8.20. The van der Waals surface area contributed by atoms with Crippen molar-refractivity contribution >= 4 is 5.91 Å². The minimum Gasteiger partial charge on any atom is -0.388 e. The van der Waals surface area contributed by atoms with Crippen molar-refractivity contribution in [3.05, 3.63) is 30.1 Å². The van der Waals surface area contributed by atoms with Gasteiger partial charge in [0.25, 0.3) is 5.91 Å². The molecule has 2 rings (SSSR count). The number of amides is 1. The summed E-state index contributed by atoms with van der Waals surface area (Å²) in [6, 6.07) is 3.28. The van der Waals surface area contributed by atoms with Crippen LogP contribution in [0, 0.1) is 0 Å². The highest BCUT2D eigenvalue weighted by Crippen LogP contribution is 2.19. The summed E-state index contributed by atoms with van der Waals surface area (Å²) in [4.78, 5) is 15.6. The maximum atomic E-state index is 11.7. The normalized spacial score (nSPS) is 18.6. The molecule has 1 aromatic heterocycles. The number of nitrogens with one attached hydrogen (secondary N) is 1. The highest BCUT2D eigenvalue weighted by atomic mass is 16.5. The van der Waals surface area contributed by atoms with Gasteiger partial charge in [0, 0.05) is 50.6 Å². The quantitative estimate of drug-likeness (QED) is 0.794. The molecule has 5 nitrogen and oxygen atoms in total. The number of hydrogen-bond donors (Lipinski definition) is 2. The van der Waals surface area contributed by atoms with Gasteiger partial charge >= 0.3 is 0 Å². The maximum Gasteiger partial charge on any atom is 0.251 e. The number of carbonyl (C=O) groups excluding carboxylic acids is 1. The van der Waals surface area contributed by atoms with Crippen LogP contribution in [0.5, 0.6) is 0 Å². The Kier molecular flexibility index (Phi) is 3.71. The lowest BCUT2D eigenvalue weighted by molar-refractivity contribution is -0.0605. The molecule has 0 aliphatic carbocycles. The Morgan fingerprint density at radius 3 is 2.71 bits per heavy atom. The Morgan fingerprint density at radius 2 is 2.06 bits per heavy atom. The first-order valence-electron chi connectivity index (χ1n) is 5.68. The SMILES string of the molecule is O=C(NCC1(O)CCOCC1)c1ccncc1. The van der Waals surface area contributed by atoms with E-state index in [1.165, 1.54) is 0 Å². The molecule has 1 aliphatic rings. The standard InChI is InChI=1S/C12H16N2O3/c15-11(10-1-5-13-6-2-10)14-9-12(16)3-7-17-8-4-12/h1-2,5-6,16H,3-4,7-9H2,(H,14,15). The van der Waals surface area contributed by atoms with E-state index in [2.05, 4.69) is 10.3 Å². The van der Waals surface area contributed by atoms with Gasteiger partial charge in [-0.15, -0.1) is 0 Å². The van der Waals surface area contributed by atoms with Crippen molar-refractivity contribution in [1.82, 2.24) is 10.3 Å². The molecule has 17 heavy (non-hydrogen) atoms. The molecule has 1 fully saturated rings. The Morgan fingerprint density at radius 1 is 1.41 bits per heavy atom. The van der Waals surface area contributed by atoms with Crippen LogP contribution in [0.15, 0.2) is 24.5 Å². The van der Waals surface area contributed by atoms with Crippen LogP contribution in [0.25, 0.3) is 0 Å². The number of carbonyl (C=O) groups is 1. The Bertz CT molecular complexity index is 375. The molecule has 2 N–H and O–H groups in total. The van der Waals surface area contributed by atoms with Gasteiger partial charge in [-0.2, -0.15) is 0 Å². The van der Waals surface area contributed by atoms with Gasteiger partial charge in [-0.3, -0.25) is 9.78 Å². The molecule has 0 atom stereocenters. The predicted octanol–water partition coefficient (Wildman–Crippen LogP) is 0.353. The van der Waals surface area contributed by atoms with E-state index in [1.807, 2.05) is 0 Å². The van der Waals surface area contributed by atoms with Crippen molar-refractivity contribution in [2.24, 2.45) is 0 Å². The summed E-state index contributed by atoms with van der Waals surface area (Å²) >= 11 is 0. The fraction of sp³-hybridized carbons (Fsp3) is 0.500. The molecule has 1 aliphatic heterocycles. The molecule has 0 unspecified atom stereocenters. The van der Waals surface area contributed by atoms with Gasteiger partial charge in [-0.25, -0.2) is 0 Å². The molecule has 0 saturated carbocycles. The maximum absolute atomic E-state index is 11.7. The van der Waals surface area contributed by atoms with Gasteiger partial charge < -0.3 is 15.2 Å². The minimum absolute atomic E-state index is 0.188. The second-order valence-corrected chi connectivity index (χ2v) is 4.26. The minimum atomic E-state index is -0.832. The molecule has 0 aromatic carbocycles. The number of rotatable bonds is 3. The van der Waals surface area contributed by atoms with Crippen LogP contribution in [0.2, 0.25) is 0 Å². The van der Waals surface area contributed by atoms with E-state index < -0.39 is 5.60 Å². The van der Waals surface area contributed by atoms with Crippen LogP contribution < -0.4 is 5.32 Å². The average Bonchev–Trinajstić information content (AvgIpc) is 2.38. The van der Waals surface area contributed by atoms with Gasteiger partial charge in [0.15, 0.2) is 0 Å². The van der Waals surface area contributed by atoms with E-state index in [0.717, 1.165) is 0 Å². The van der Waals surface area contributed by atoms with Crippen LogP contribution in [0.4, 0.5) is 0 Å². The second kappa shape index (κ2) is 5.25. The molecule has 1 amide bonds. The summed E-state index contributed by atoms with van der Waals surface area (Å²) in [7, 11) is 0. The zero-order valence-electron chi connectivity index (χ0n) is 9.56.